The topological polar surface area (TPSA) is 83.8 Å². The number of amidine groups is 1. The highest BCUT2D eigenvalue weighted by atomic mass is 15.6. The van der Waals surface area contributed by atoms with E-state index >= 15 is 0 Å². The summed E-state index contributed by atoms with van der Waals surface area (Å²) in [5.41, 5.74) is 7.50. The van der Waals surface area contributed by atoms with E-state index in [0.29, 0.717) is 5.84 Å². The van der Waals surface area contributed by atoms with Gasteiger partial charge in [-0.3, -0.25) is 4.98 Å². The summed E-state index contributed by atoms with van der Waals surface area (Å²) < 4.78 is 0. The Kier molecular flexibility index (Phi) is 5.30. The molecule has 0 fully saturated rings. The van der Waals surface area contributed by atoms with Gasteiger partial charge in [0, 0.05) is 5.39 Å². The van der Waals surface area contributed by atoms with Crippen LogP contribution in [0.25, 0.3) is 10.9 Å². The number of hydrazone groups is 1. The number of nitrogens with two attached hydrogens (primary N) is 2. The standard InChI is InChI=1S/C16H24N6/c1-12(17)20-22(18)16(10-11-21(2)3)15-9-8-13-6-4-5-7-14(13)19-15/h4-9,16H,10-11,18H2,1-3H3,(H2,17,20). The molecule has 6 heteroatoms. The lowest BCUT2D eigenvalue weighted by molar-refractivity contribution is 0.183. The van der Waals surface area contributed by atoms with Crippen LogP contribution in [0, 0.1) is 0 Å². The summed E-state index contributed by atoms with van der Waals surface area (Å²) in [6.45, 7) is 2.60. The van der Waals surface area contributed by atoms with Crippen LogP contribution >= 0.6 is 0 Å². The predicted molar refractivity (Wildman–Crippen MR) is 91.0 cm³/mol. The second kappa shape index (κ2) is 7.20. The molecule has 0 saturated heterocycles. The molecule has 4 N–H and O–H groups in total. The summed E-state index contributed by atoms with van der Waals surface area (Å²) >= 11 is 0. The first kappa shape index (κ1) is 16.2. The monoisotopic (exact) mass is 300 g/mol. The molecule has 1 aromatic carbocycles. The fraction of sp³-hybridized carbons (Fsp3) is 0.375. The van der Waals surface area contributed by atoms with Crippen molar-refractivity contribution >= 4 is 16.7 Å². The van der Waals surface area contributed by atoms with E-state index in [9.17, 15) is 0 Å². The zero-order valence-electron chi connectivity index (χ0n) is 13.4. The summed E-state index contributed by atoms with van der Waals surface area (Å²) in [6.07, 6.45) is 0.811. The van der Waals surface area contributed by atoms with Gasteiger partial charge in [-0.15, -0.1) is 5.10 Å². The number of para-hydroxylation sites is 1. The first-order valence-corrected chi connectivity index (χ1v) is 7.32. The molecule has 1 atom stereocenters. The van der Waals surface area contributed by atoms with Crippen molar-refractivity contribution in [2.45, 2.75) is 19.4 Å². The Morgan fingerprint density at radius 2 is 1.95 bits per heavy atom. The normalized spacial score (nSPS) is 13.6. The number of hydrogen-bond donors (Lipinski definition) is 2. The molecule has 2 rings (SSSR count). The highest BCUT2D eigenvalue weighted by molar-refractivity contribution is 5.78. The van der Waals surface area contributed by atoms with Crippen LogP contribution in [0.1, 0.15) is 25.1 Å². The van der Waals surface area contributed by atoms with Gasteiger partial charge < -0.3 is 10.6 Å². The van der Waals surface area contributed by atoms with Crippen molar-refractivity contribution in [1.29, 1.82) is 0 Å². The molecule has 0 spiro atoms. The molecular formula is C16H24N6. The number of hydrogen-bond acceptors (Lipinski definition) is 5. The zero-order valence-corrected chi connectivity index (χ0v) is 13.4. The van der Waals surface area contributed by atoms with Crippen LogP contribution < -0.4 is 11.6 Å². The first-order valence-electron chi connectivity index (χ1n) is 7.32. The highest BCUT2D eigenvalue weighted by Crippen LogP contribution is 2.23. The van der Waals surface area contributed by atoms with E-state index in [1.807, 2.05) is 44.4 Å². The largest absolute Gasteiger partial charge is 0.386 e. The van der Waals surface area contributed by atoms with Crippen LogP contribution in [0.4, 0.5) is 0 Å². The average molecular weight is 300 g/mol. The minimum absolute atomic E-state index is 0.120. The number of benzene rings is 1. The van der Waals surface area contributed by atoms with Gasteiger partial charge in [0.1, 0.15) is 11.9 Å². The van der Waals surface area contributed by atoms with E-state index in [2.05, 4.69) is 16.1 Å². The minimum atomic E-state index is -0.120. The van der Waals surface area contributed by atoms with Crippen molar-refractivity contribution in [2.24, 2.45) is 16.7 Å². The number of aromatic nitrogens is 1. The van der Waals surface area contributed by atoms with Crippen LogP contribution in [0.2, 0.25) is 0 Å². The minimum Gasteiger partial charge on any atom is -0.386 e. The number of pyridine rings is 1. The third kappa shape index (κ3) is 4.16. The number of hydrazine groups is 1. The number of nitrogens with zero attached hydrogens (tertiary/aromatic N) is 4. The lowest BCUT2D eigenvalue weighted by Gasteiger charge is -2.26. The third-order valence-electron chi connectivity index (χ3n) is 3.40. The molecule has 0 aliphatic heterocycles. The van der Waals surface area contributed by atoms with Gasteiger partial charge in [-0.2, -0.15) is 0 Å². The summed E-state index contributed by atoms with van der Waals surface area (Å²) in [5.74, 6) is 6.52. The van der Waals surface area contributed by atoms with Crippen molar-refractivity contribution in [3.8, 4) is 0 Å². The molecule has 6 nitrogen and oxygen atoms in total. The third-order valence-corrected chi connectivity index (χ3v) is 3.40. The van der Waals surface area contributed by atoms with Crippen LogP contribution in [0.15, 0.2) is 41.5 Å². The molecule has 2 aromatic rings. The second-order valence-electron chi connectivity index (χ2n) is 5.66. The highest BCUT2D eigenvalue weighted by Gasteiger charge is 2.19. The van der Waals surface area contributed by atoms with E-state index in [-0.39, 0.29) is 6.04 Å². The van der Waals surface area contributed by atoms with Crippen LogP contribution in [0.5, 0.6) is 0 Å². The lowest BCUT2D eigenvalue weighted by Crippen LogP contribution is -2.34. The van der Waals surface area contributed by atoms with E-state index < -0.39 is 0 Å². The summed E-state index contributed by atoms with van der Waals surface area (Å²) in [7, 11) is 4.06. The fourth-order valence-corrected chi connectivity index (χ4v) is 2.32. The zero-order chi connectivity index (χ0) is 16.1. The fourth-order valence-electron chi connectivity index (χ4n) is 2.32. The molecule has 22 heavy (non-hydrogen) atoms. The van der Waals surface area contributed by atoms with E-state index in [4.69, 9.17) is 16.6 Å². The Labute approximate surface area is 131 Å². The van der Waals surface area contributed by atoms with Crippen LogP contribution in [-0.2, 0) is 0 Å². The van der Waals surface area contributed by atoms with E-state index in [1.165, 1.54) is 5.12 Å². The molecule has 1 unspecified atom stereocenters. The van der Waals surface area contributed by atoms with Gasteiger partial charge in [0.25, 0.3) is 0 Å². The molecule has 0 radical (unpaired) electrons. The molecular weight excluding hydrogens is 276 g/mol. The maximum atomic E-state index is 6.09. The summed E-state index contributed by atoms with van der Waals surface area (Å²) in [6, 6.07) is 12.0. The van der Waals surface area contributed by atoms with Crippen molar-refractivity contribution in [2.75, 3.05) is 20.6 Å². The molecule has 0 aliphatic carbocycles. The number of rotatable bonds is 6. The number of fused-ring (bicyclic) bond motifs is 1. The van der Waals surface area contributed by atoms with Gasteiger partial charge in [0.2, 0.25) is 0 Å². The molecule has 1 heterocycles. The van der Waals surface area contributed by atoms with Crippen molar-refractivity contribution in [3.05, 3.63) is 42.1 Å². The first-order chi connectivity index (χ1) is 10.5. The van der Waals surface area contributed by atoms with Crippen LogP contribution in [0.3, 0.4) is 0 Å². The summed E-state index contributed by atoms with van der Waals surface area (Å²) in [5, 5.41) is 6.68. The Balaban J connectivity index is 2.34. The molecule has 118 valence electrons. The van der Waals surface area contributed by atoms with Gasteiger partial charge in [0.05, 0.1) is 11.2 Å². The van der Waals surface area contributed by atoms with Crippen molar-refractivity contribution in [1.82, 2.24) is 15.0 Å². The Hall–Kier alpha value is -2.18. The average Bonchev–Trinajstić information content (AvgIpc) is 2.46. The van der Waals surface area contributed by atoms with Gasteiger partial charge >= 0.3 is 0 Å². The lowest BCUT2D eigenvalue weighted by atomic mass is 10.1. The quantitative estimate of drug-likeness (QED) is 0.367. The Bertz CT molecular complexity index is 648. The maximum absolute atomic E-state index is 6.09. The van der Waals surface area contributed by atoms with Crippen LogP contribution in [-0.4, -0.2) is 41.5 Å². The van der Waals surface area contributed by atoms with Crippen molar-refractivity contribution < 1.29 is 0 Å². The van der Waals surface area contributed by atoms with Gasteiger partial charge in [0.15, 0.2) is 0 Å². The van der Waals surface area contributed by atoms with Gasteiger partial charge in [-0.25, -0.2) is 11.0 Å². The smallest absolute Gasteiger partial charge is 0.118 e. The SMILES string of the molecule is C/C(N)=N/N(N)C(CCN(C)C)c1ccc2ccccc2n1. The van der Waals surface area contributed by atoms with Crippen molar-refractivity contribution in [3.63, 3.8) is 0 Å². The molecule has 0 bridgehead atoms. The Morgan fingerprint density at radius 3 is 2.64 bits per heavy atom. The van der Waals surface area contributed by atoms with E-state index in [0.717, 1.165) is 29.6 Å². The molecule has 0 amide bonds. The second-order valence-corrected chi connectivity index (χ2v) is 5.66. The van der Waals surface area contributed by atoms with Gasteiger partial charge in [-0.05, 0) is 46.1 Å². The molecule has 0 aliphatic rings. The van der Waals surface area contributed by atoms with E-state index in [1.54, 1.807) is 6.92 Å². The van der Waals surface area contributed by atoms with Gasteiger partial charge in [-0.1, -0.05) is 24.3 Å². The maximum Gasteiger partial charge on any atom is 0.118 e. The molecule has 0 saturated carbocycles. The molecule has 1 aromatic heterocycles. The summed E-state index contributed by atoms with van der Waals surface area (Å²) in [4.78, 5) is 6.84. The Morgan fingerprint density at radius 1 is 1.23 bits per heavy atom. The predicted octanol–water partition coefficient (Wildman–Crippen LogP) is 1.70.